The van der Waals surface area contributed by atoms with Crippen LogP contribution in [0.4, 0.5) is 4.79 Å². The van der Waals surface area contributed by atoms with Crippen molar-refractivity contribution in [2.45, 2.75) is 70.0 Å². The lowest BCUT2D eigenvalue weighted by Gasteiger charge is -2.38. The summed E-state index contributed by atoms with van der Waals surface area (Å²) in [6.45, 7) is 2.81. The largest absolute Gasteiger partial charge is 0.334 e. The Morgan fingerprint density at radius 3 is 2.50 bits per heavy atom. The van der Waals surface area contributed by atoms with E-state index in [0.29, 0.717) is 6.54 Å². The second-order valence-electron chi connectivity index (χ2n) is 7.29. The Labute approximate surface area is 146 Å². The first kappa shape index (κ1) is 17.3. The zero-order chi connectivity index (χ0) is 16.6. The topological polar surface area (TPSA) is 44.4 Å². The summed E-state index contributed by atoms with van der Waals surface area (Å²) in [5, 5.41) is 6.16. The summed E-state index contributed by atoms with van der Waals surface area (Å²) in [6, 6.07) is 11.1. The van der Waals surface area contributed by atoms with Crippen molar-refractivity contribution in [2.24, 2.45) is 0 Å². The number of likely N-dealkylation sites (tertiary alicyclic amines) is 1. The van der Waals surface area contributed by atoms with Crippen molar-refractivity contribution < 1.29 is 4.79 Å². The second-order valence-corrected chi connectivity index (χ2v) is 7.29. The summed E-state index contributed by atoms with van der Waals surface area (Å²) in [4.78, 5) is 14.8. The monoisotopic (exact) mass is 329 g/mol. The van der Waals surface area contributed by atoms with Crippen LogP contribution in [-0.2, 0) is 6.54 Å². The van der Waals surface area contributed by atoms with E-state index in [-0.39, 0.29) is 12.1 Å². The number of hydrogen-bond donors (Lipinski definition) is 2. The molecule has 1 saturated carbocycles. The van der Waals surface area contributed by atoms with E-state index in [9.17, 15) is 4.79 Å². The van der Waals surface area contributed by atoms with Crippen molar-refractivity contribution in [3.05, 3.63) is 35.9 Å². The van der Waals surface area contributed by atoms with E-state index in [1.165, 1.54) is 51.5 Å². The van der Waals surface area contributed by atoms with Crippen molar-refractivity contribution in [3.63, 3.8) is 0 Å². The summed E-state index contributed by atoms with van der Waals surface area (Å²) in [5.74, 6) is 0. The first-order valence-electron chi connectivity index (χ1n) is 9.63. The van der Waals surface area contributed by atoms with Gasteiger partial charge in [-0.3, -0.25) is 4.90 Å². The average Bonchev–Trinajstić information content (AvgIpc) is 2.91. The highest BCUT2D eigenvalue weighted by atomic mass is 16.2. The molecule has 3 rings (SSSR count). The molecule has 1 atom stereocenters. The summed E-state index contributed by atoms with van der Waals surface area (Å²) >= 11 is 0. The van der Waals surface area contributed by atoms with Crippen LogP contribution in [0.5, 0.6) is 0 Å². The summed E-state index contributed by atoms with van der Waals surface area (Å²) < 4.78 is 0. The number of urea groups is 1. The summed E-state index contributed by atoms with van der Waals surface area (Å²) in [7, 11) is 0. The van der Waals surface area contributed by atoms with Gasteiger partial charge in [0.25, 0.3) is 0 Å². The van der Waals surface area contributed by atoms with Crippen LogP contribution in [0.3, 0.4) is 0 Å². The fraction of sp³-hybridized carbons (Fsp3) is 0.650. The molecule has 1 aliphatic heterocycles. The molecule has 1 heterocycles. The number of rotatable bonds is 4. The van der Waals surface area contributed by atoms with Gasteiger partial charge in [-0.05, 0) is 37.8 Å². The molecule has 1 aromatic rings. The Bertz CT molecular complexity index is 497. The van der Waals surface area contributed by atoms with Crippen LogP contribution in [0.25, 0.3) is 0 Å². The van der Waals surface area contributed by atoms with Crippen LogP contribution in [-0.4, -0.2) is 36.1 Å². The third-order valence-electron chi connectivity index (χ3n) is 5.43. The Hall–Kier alpha value is -1.55. The molecule has 1 aromatic carbocycles. The molecular formula is C20H31N3O. The standard InChI is InChI=1S/C20H31N3O/c24-20(21-15-17-9-4-3-5-10-17)22-18-11-8-14-23(16-18)19-12-6-1-2-7-13-19/h3-5,9-10,18-19H,1-2,6-8,11-16H2,(H2,21,22,24)/t18-/m0/s1. The highest BCUT2D eigenvalue weighted by Crippen LogP contribution is 2.24. The van der Waals surface area contributed by atoms with Crippen molar-refractivity contribution in [1.82, 2.24) is 15.5 Å². The summed E-state index contributed by atoms with van der Waals surface area (Å²) in [5.41, 5.74) is 1.14. The number of piperidine rings is 1. The third-order valence-corrected chi connectivity index (χ3v) is 5.43. The molecule has 132 valence electrons. The van der Waals surface area contributed by atoms with Crippen molar-refractivity contribution in [3.8, 4) is 0 Å². The maximum atomic E-state index is 12.2. The zero-order valence-electron chi connectivity index (χ0n) is 14.7. The van der Waals surface area contributed by atoms with Gasteiger partial charge in [0.05, 0.1) is 0 Å². The van der Waals surface area contributed by atoms with Crippen LogP contribution in [0.2, 0.25) is 0 Å². The van der Waals surface area contributed by atoms with Gasteiger partial charge in [-0.1, -0.05) is 56.0 Å². The predicted octanol–water partition coefficient (Wildman–Crippen LogP) is 3.67. The van der Waals surface area contributed by atoms with E-state index < -0.39 is 0 Å². The molecule has 0 bridgehead atoms. The van der Waals surface area contributed by atoms with Crippen molar-refractivity contribution in [1.29, 1.82) is 0 Å². The fourth-order valence-corrected chi connectivity index (χ4v) is 4.09. The first-order chi connectivity index (χ1) is 11.8. The number of hydrogen-bond acceptors (Lipinski definition) is 2. The van der Waals surface area contributed by atoms with Gasteiger partial charge in [0.2, 0.25) is 0 Å². The van der Waals surface area contributed by atoms with Gasteiger partial charge < -0.3 is 10.6 Å². The average molecular weight is 329 g/mol. The maximum absolute atomic E-state index is 12.2. The lowest BCUT2D eigenvalue weighted by molar-refractivity contribution is 0.127. The second kappa shape index (κ2) is 9.07. The van der Waals surface area contributed by atoms with E-state index in [4.69, 9.17) is 0 Å². The van der Waals surface area contributed by atoms with Crippen molar-refractivity contribution in [2.75, 3.05) is 13.1 Å². The lowest BCUT2D eigenvalue weighted by atomic mass is 10.00. The highest BCUT2D eigenvalue weighted by molar-refractivity contribution is 5.74. The van der Waals surface area contributed by atoms with E-state index in [0.717, 1.165) is 24.6 Å². The first-order valence-corrected chi connectivity index (χ1v) is 9.63. The van der Waals surface area contributed by atoms with Gasteiger partial charge in [0.1, 0.15) is 0 Å². The Kier molecular flexibility index (Phi) is 6.53. The number of benzene rings is 1. The van der Waals surface area contributed by atoms with Gasteiger partial charge in [-0.15, -0.1) is 0 Å². The molecule has 4 heteroatoms. The number of amides is 2. The summed E-state index contributed by atoms with van der Waals surface area (Å²) in [6.07, 6.45) is 10.5. The molecular weight excluding hydrogens is 298 g/mol. The molecule has 2 amide bonds. The zero-order valence-corrected chi connectivity index (χ0v) is 14.7. The van der Waals surface area contributed by atoms with Gasteiger partial charge in [0, 0.05) is 25.2 Å². The molecule has 0 aromatic heterocycles. The molecule has 2 fully saturated rings. The molecule has 2 aliphatic rings. The van der Waals surface area contributed by atoms with Crippen molar-refractivity contribution >= 4 is 6.03 Å². The Balaban J connectivity index is 1.43. The normalized spacial score (nSPS) is 23.4. The van der Waals surface area contributed by atoms with Crippen LogP contribution < -0.4 is 10.6 Å². The molecule has 0 radical (unpaired) electrons. The van der Waals surface area contributed by atoms with Gasteiger partial charge in [-0.25, -0.2) is 4.79 Å². The third kappa shape index (κ3) is 5.23. The SMILES string of the molecule is O=C(NCc1ccccc1)N[C@H]1CCCN(C2CCCCCC2)C1. The molecule has 0 spiro atoms. The van der Waals surface area contributed by atoms with Crippen LogP contribution in [0.15, 0.2) is 30.3 Å². The lowest BCUT2D eigenvalue weighted by Crippen LogP contribution is -2.52. The molecule has 2 N–H and O–H groups in total. The number of nitrogens with one attached hydrogen (secondary N) is 2. The van der Waals surface area contributed by atoms with Crippen LogP contribution in [0, 0.1) is 0 Å². The quantitative estimate of drug-likeness (QED) is 0.828. The molecule has 1 aliphatic carbocycles. The molecule has 1 saturated heterocycles. The van der Waals surface area contributed by atoms with E-state index in [2.05, 4.69) is 15.5 Å². The predicted molar refractivity (Wildman–Crippen MR) is 97.9 cm³/mol. The van der Waals surface area contributed by atoms with E-state index >= 15 is 0 Å². The smallest absolute Gasteiger partial charge is 0.315 e. The highest BCUT2D eigenvalue weighted by Gasteiger charge is 2.27. The van der Waals surface area contributed by atoms with Gasteiger partial charge in [0.15, 0.2) is 0 Å². The van der Waals surface area contributed by atoms with E-state index in [1.54, 1.807) is 0 Å². The Morgan fingerprint density at radius 1 is 1.00 bits per heavy atom. The van der Waals surface area contributed by atoms with E-state index in [1.807, 2.05) is 30.3 Å². The van der Waals surface area contributed by atoms with Gasteiger partial charge >= 0.3 is 6.03 Å². The van der Waals surface area contributed by atoms with Crippen LogP contribution in [0.1, 0.15) is 56.9 Å². The number of nitrogens with zero attached hydrogens (tertiary/aromatic N) is 1. The molecule has 24 heavy (non-hydrogen) atoms. The van der Waals surface area contributed by atoms with Gasteiger partial charge in [-0.2, -0.15) is 0 Å². The Morgan fingerprint density at radius 2 is 1.75 bits per heavy atom. The maximum Gasteiger partial charge on any atom is 0.315 e. The minimum atomic E-state index is -0.0356. The molecule has 0 unspecified atom stereocenters. The fourth-order valence-electron chi connectivity index (χ4n) is 4.09. The number of carbonyl (C=O) groups excluding carboxylic acids is 1. The minimum Gasteiger partial charge on any atom is -0.334 e. The van der Waals surface area contributed by atoms with Crippen LogP contribution >= 0.6 is 0 Å². The molecule has 4 nitrogen and oxygen atoms in total. The number of carbonyl (C=O) groups is 1. The minimum absolute atomic E-state index is 0.0356.